The molecule has 0 bridgehead atoms. The minimum absolute atomic E-state index is 0.286. The van der Waals surface area contributed by atoms with Gasteiger partial charge in [0, 0.05) is 35.9 Å². The van der Waals surface area contributed by atoms with Gasteiger partial charge in [-0.25, -0.2) is 18.7 Å². The summed E-state index contributed by atoms with van der Waals surface area (Å²) in [5.41, 5.74) is 5.02. The van der Waals surface area contributed by atoms with E-state index >= 15 is 4.39 Å². The lowest BCUT2D eigenvalue weighted by molar-refractivity contribution is 0.614. The zero-order valence-corrected chi connectivity index (χ0v) is 28.5. The maximum atomic E-state index is 15.1. The van der Waals surface area contributed by atoms with Crippen LogP contribution in [0.4, 0.5) is 20.3 Å². The van der Waals surface area contributed by atoms with Crippen molar-refractivity contribution in [2.45, 2.75) is 61.8 Å². The normalized spacial score (nSPS) is 9.72. The highest BCUT2D eigenvalue weighted by molar-refractivity contribution is 5.93. The largest absolute Gasteiger partial charge is 0.339 e. The zero-order chi connectivity index (χ0) is 35.1. The highest BCUT2D eigenvalue weighted by Gasteiger charge is 2.15. The maximum absolute atomic E-state index is 15.1. The Morgan fingerprint density at radius 1 is 0.957 bits per heavy atom. The lowest BCUT2D eigenvalue weighted by Gasteiger charge is -2.15. The van der Waals surface area contributed by atoms with Gasteiger partial charge in [-0.3, -0.25) is 9.36 Å². The predicted molar refractivity (Wildman–Crippen MR) is 191 cm³/mol. The Morgan fingerprint density at radius 2 is 1.57 bits per heavy atom. The summed E-state index contributed by atoms with van der Waals surface area (Å²) in [6.45, 7) is 19.0. The lowest BCUT2D eigenvalue weighted by atomic mass is 10.00. The summed E-state index contributed by atoms with van der Waals surface area (Å²) in [6.07, 6.45) is 7.26. The van der Waals surface area contributed by atoms with Crippen LogP contribution in [0.15, 0.2) is 102 Å². The zero-order valence-electron chi connectivity index (χ0n) is 28.5. The number of allylic oxidation sites excluding steroid dienone is 3. The van der Waals surface area contributed by atoms with Gasteiger partial charge in [0.2, 0.25) is 0 Å². The van der Waals surface area contributed by atoms with E-state index in [9.17, 15) is 14.4 Å². The molecule has 1 N–H and O–H groups in total. The average Bonchev–Trinajstić information content (AvgIpc) is 3.05. The average molecular weight is 636 g/mol. The van der Waals surface area contributed by atoms with Crippen LogP contribution in [-0.4, -0.2) is 14.5 Å². The van der Waals surface area contributed by atoms with Crippen molar-refractivity contribution in [3.05, 3.63) is 147 Å². The van der Waals surface area contributed by atoms with Crippen LogP contribution in [0, 0.1) is 36.8 Å². The first kappa shape index (κ1) is 37.8. The molecule has 47 heavy (non-hydrogen) atoms. The summed E-state index contributed by atoms with van der Waals surface area (Å²) >= 11 is 0. The number of halogens is 2. The molecule has 5 aromatic rings. The molecule has 0 unspecified atom stereocenters. The van der Waals surface area contributed by atoms with Gasteiger partial charge in [0.05, 0.1) is 5.39 Å². The fourth-order valence-corrected chi connectivity index (χ4v) is 4.38. The van der Waals surface area contributed by atoms with Crippen molar-refractivity contribution in [1.29, 1.82) is 5.26 Å². The van der Waals surface area contributed by atoms with Crippen LogP contribution >= 0.6 is 0 Å². The molecule has 3 heterocycles. The van der Waals surface area contributed by atoms with E-state index in [2.05, 4.69) is 41.8 Å². The van der Waals surface area contributed by atoms with Crippen LogP contribution in [0.3, 0.4) is 0 Å². The van der Waals surface area contributed by atoms with Crippen molar-refractivity contribution in [2.24, 2.45) is 0 Å². The molecule has 0 saturated carbocycles. The Hall–Kier alpha value is -5.42. The van der Waals surface area contributed by atoms with Crippen LogP contribution < -0.4 is 10.9 Å². The van der Waals surface area contributed by atoms with Crippen molar-refractivity contribution in [3.8, 4) is 11.8 Å². The number of nitrogens with zero attached hydrogens (tertiary/aromatic N) is 4. The number of fused-ring (bicyclic) bond motifs is 1. The van der Waals surface area contributed by atoms with Gasteiger partial charge in [-0.2, -0.15) is 5.26 Å². The van der Waals surface area contributed by atoms with Crippen molar-refractivity contribution < 1.29 is 8.78 Å². The second-order valence-corrected chi connectivity index (χ2v) is 10.5. The molecule has 3 aromatic heterocycles. The van der Waals surface area contributed by atoms with E-state index < -0.39 is 11.6 Å². The first-order chi connectivity index (χ1) is 22.5. The van der Waals surface area contributed by atoms with E-state index in [0.717, 1.165) is 11.1 Å². The van der Waals surface area contributed by atoms with Gasteiger partial charge >= 0.3 is 0 Å². The van der Waals surface area contributed by atoms with Crippen LogP contribution in [-0.2, 0) is 6.42 Å². The van der Waals surface area contributed by atoms with Crippen molar-refractivity contribution in [2.75, 3.05) is 5.32 Å². The number of pyridine rings is 3. The smallest absolute Gasteiger partial charge is 0.266 e. The first-order valence-corrected chi connectivity index (χ1v) is 15.4. The molecule has 0 atom stereocenters. The molecule has 8 heteroatoms. The molecule has 5 rings (SSSR count). The number of aryl methyl sites for hydroxylation is 1. The number of nitriles is 1. The summed E-state index contributed by atoms with van der Waals surface area (Å²) in [4.78, 5) is 21.9. The molecule has 2 aromatic carbocycles. The Labute approximate surface area is 276 Å². The minimum Gasteiger partial charge on any atom is -0.339 e. The molecule has 0 radical (unpaired) electrons. The van der Waals surface area contributed by atoms with Gasteiger partial charge in [-0.15, -0.1) is 6.58 Å². The highest BCUT2D eigenvalue weighted by atomic mass is 19.1. The van der Waals surface area contributed by atoms with Gasteiger partial charge in [-0.1, -0.05) is 37.6 Å². The van der Waals surface area contributed by atoms with Crippen molar-refractivity contribution in [1.82, 2.24) is 14.5 Å². The Morgan fingerprint density at radius 3 is 2.15 bits per heavy atom. The summed E-state index contributed by atoms with van der Waals surface area (Å²) in [6, 6.07) is 17.8. The molecule has 0 aliphatic heterocycles. The summed E-state index contributed by atoms with van der Waals surface area (Å²) in [7, 11) is 0. The van der Waals surface area contributed by atoms with Crippen molar-refractivity contribution in [3.63, 3.8) is 0 Å². The molecule has 0 fully saturated rings. The topological polar surface area (TPSA) is 83.6 Å². The molecular formula is C39H43F2N5O. The quantitative estimate of drug-likeness (QED) is 0.194. The number of nitrogens with one attached hydrogen (secondary N) is 1. The second kappa shape index (κ2) is 18.5. The van der Waals surface area contributed by atoms with Gasteiger partial charge in [0.1, 0.15) is 29.2 Å². The fraction of sp³-hybridized carbons (Fsp3) is 0.231. The van der Waals surface area contributed by atoms with Gasteiger partial charge < -0.3 is 5.32 Å². The lowest BCUT2D eigenvalue weighted by Crippen LogP contribution is -2.21. The Bertz CT molecular complexity index is 1930. The van der Waals surface area contributed by atoms with E-state index in [1.165, 1.54) is 40.5 Å². The number of aromatic nitrogens is 3. The van der Waals surface area contributed by atoms with Gasteiger partial charge in [0.15, 0.2) is 0 Å². The minimum atomic E-state index is -0.431. The number of rotatable bonds is 5. The first-order valence-electron chi connectivity index (χ1n) is 15.4. The maximum Gasteiger partial charge on any atom is 0.266 e. The Kier molecular flexibility index (Phi) is 14.9. The number of hydrogen-bond donors (Lipinski definition) is 1. The number of benzene rings is 2. The standard InChI is InChI=1S/C29H21F2N5O.C5H10.C3H6.C2H6/c1-17-13-21-10-12-34-28(27(21)29(37)36(17)24-7-4-22(30)5-8-24)35-23-6-3-20(25(31)15-23)14-19-9-11-33-26(16-32)18(19)2;1-4-5(2)3;1-3-2;1-2/h3-13,15H,14H2,1-2H3,(H,34,35);4H,1-3H3;3H,1H2,2H3;1-2H3. The Balaban J connectivity index is 0.000000682. The molecule has 0 saturated heterocycles. The summed E-state index contributed by atoms with van der Waals surface area (Å²) in [5, 5.41) is 13.3. The highest BCUT2D eigenvalue weighted by Crippen LogP contribution is 2.26. The van der Waals surface area contributed by atoms with E-state index in [0.29, 0.717) is 45.5 Å². The molecule has 244 valence electrons. The van der Waals surface area contributed by atoms with E-state index in [1.54, 1.807) is 56.6 Å². The van der Waals surface area contributed by atoms with E-state index in [1.807, 2.05) is 39.8 Å². The fourth-order valence-electron chi connectivity index (χ4n) is 4.38. The molecule has 0 spiro atoms. The van der Waals surface area contributed by atoms with E-state index in [-0.39, 0.29) is 11.4 Å². The van der Waals surface area contributed by atoms with Gasteiger partial charge in [0.25, 0.3) is 5.56 Å². The number of hydrogen-bond acceptors (Lipinski definition) is 5. The van der Waals surface area contributed by atoms with Crippen LogP contribution in [0.5, 0.6) is 0 Å². The van der Waals surface area contributed by atoms with Crippen molar-refractivity contribution >= 4 is 22.3 Å². The van der Waals surface area contributed by atoms with Gasteiger partial charge in [-0.05, 0) is 118 Å². The molecule has 0 amide bonds. The molecule has 0 aliphatic carbocycles. The third-order valence-electron chi connectivity index (χ3n) is 6.90. The van der Waals surface area contributed by atoms with E-state index in [4.69, 9.17) is 0 Å². The van der Waals surface area contributed by atoms with Crippen LogP contribution in [0.25, 0.3) is 16.5 Å². The van der Waals surface area contributed by atoms with Crippen LogP contribution in [0.1, 0.15) is 69.6 Å². The molecular weight excluding hydrogens is 592 g/mol. The third kappa shape index (κ3) is 10.0. The molecule has 6 nitrogen and oxygen atoms in total. The summed E-state index contributed by atoms with van der Waals surface area (Å²) in [5.74, 6) is -0.539. The molecule has 0 aliphatic rings. The van der Waals surface area contributed by atoms with Crippen LogP contribution in [0.2, 0.25) is 0 Å². The number of anilines is 2. The SMILES string of the molecule is C=CC.CC.CC=C(C)C.Cc1c(Cc2ccc(Nc3nccc4cc(C)n(-c5ccc(F)cc5)c(=O)c34)cc2F)ccnc1C#N. The summed E-state index contributed by atoms with van der Waals surface area (Å²) < 4.78 is 30.0. The second-order valence-electron chi connectivity index (χ2n) is 10.5. The third-order valence-corrected chi connectivity index (χ3v) is 6.90. The predicted octanol–water partition coefficient (Wildman–Crippen LogP) is 10.1. The monoisotopic (exact) mass is 635 g/mol.